The highest BCUT2D eigenvalue weighted by molar-refractivity contribution is 5.84. The zero-order valence-electron chi connectivity index (χ0n) is 16.5. The summed E-state index contributed by atoms with van der Waals surface area (Å²) in [6, 6.07) is 14.7. The molecule has 0 spiro atoms. The van der Waals surface area contributed by atoms with Crippen molar-refractivity contribution in [3.05, 3.63) is 59.2 Å². The molecule has 0 bridgehead atoms. The Hall–Kier alpha value is -2.33. The summed E-state index contributed by atoms with van der Waals surface area (Å²) in [6.07, 6.45) is 3.77. The van der Waals surface area contributed by atoms with E-state index >= 15 is 0 Å². The van der Waals surface area contributed by atoms with Gasteiger partial charge in [-0.25, -0.2) is 0 Å². The predicted octanol–water partition coefficient (Wildman–Crippen LogP) is 4.68. The van der Waals surface area contributed by atoms with Crippen molar-refractivity contribution in [3.8, 4) is 11.5 Å². The van der Waals surface area contributed by atoms with Gasteiger partial charge in [0.15, 0.2) is 11.5 Å². The summed E-state index contributed by atoms with van der Waals surface area (Å²) in [6.45, 7) is 6.24. The topological polar surface area (TPSA) is 40.0 Å². The quantitative estimate of drug-likeness (QED) is 0.604. The van der Waals surface area contributed by atoms with Gasteiger partial charge in [-0.3, -0.25) is 4.99 Å². The van der Waals surface area contributed by atoms with Gasteiger partial charge in [0, 0.05) is 26.4 Å². The van der Waals surface area contributed by atoms with E-state index in [1.165, 1.54) is 5.56 Å². The first-order valence-electron chi connectivity index (χ1n) is 9.66. The second kappa shape index (κ2) is 9.56. The van der Waals surface area contributed by atoms with E-state index in [-0.39, 0.29) is 0 Å². The van der Waals surface area contributed by atoms with Gasteiger partial charge in [-0.2, -0.15) is 0 Å². The molecule has 0 amide bonds. The molecule has 0 radical (unpaired) electrons. The van der Waals surface area contributed by atoms with Crippen molar-refractivity contribution in [1.29, 1.82) is 0 Å². The molecule has 0 aromatic heterocycles. The number of benzene rings is 2. The van der Waals surface area contributed by atoms with Crippen molar-refractivity contribution in [1.82, 2.24) is 0 Å². The number of hydrogen-bond donors (Lipinski definition) is 0. The van der Waals surface area contributed by atoms with Crippen LogP contribution in [0.3, 0.4) is 0 Å². The molecular formula is C23H29NO3. The number of hydrogen-bond acceptors (Lipinski definition) is 4. The van der Waals surface area contributed by atoms with E-state index < -0.39 is 0 Å². The second-order valence-electron chi connectivity index (χ2n) is 7.26. The van der Waals surface area contributed by atoms with Gasteiger partial charge in [0.05, 0.1) is 12.6 Å². The summed E-state index contributed by atoms with van der Waals surface area (Å²) >= 11 is 0. The fourth-order valence-electron chi connectivity index (χ4n) is 3.12. The standard InChI is InChI=1S/C23H29NO3/c1-17(2)21-12-19-13-22(26-11-7-10-25-3)23(14-20(19)15-24-21)27-16-18-8-5-4-6-9-18/h4-6,8-9,13-15,17,21H,7,10-12,16H2,1-3H3. The zero-order chi connectivity index (χ0) is 19.1. The van der Waals surface area contributed by atoms with Gasteiger partial charge in [0.1, 0.15) is 6.61 Å². The highest BCUT2D eigenvalue weighted by Gasteiger charge is 2.21. The number of methoxy groups -OCH3 is 1. The first kappa shape index (κ1) is 19.4. The summed E-state index contributed by atoms with van der Waals surface area (Å²) in [7, 11) is 1.71. The van der Waals surface area contributed by atoms with Gasteiger partial charge < -0.3 is 14.2 Å². The molecule has 4 nitrogen and oxygen atoms in total. The van der Waals surface area contributed by atoms with Crippen LogP contribution < -0.4 is 9.47 Å². The molecule has 0 fully saturated rings. The minimum Gasteiger partial charge on any atom is -0.490 e. The summed E-state index contributed by atoms with van der Waals surface area (Å²) < 4.78 is 17.3. The molecule has 0 N–H and O–H groups in total. The average molecular weight is 367 g/mol. The molecule has 4 heteroatoms. The molecule has 144 valence electrons. The lowest BCUT2D eigenvalue weighted by molar-refractivity contribution is 0.169. The van der Waals surface area contributed by atoms with Crippen molar-refractivity contribution >= 4 is 6.21 Å². The van der Waals surface area contributed by atoms with Crippen LogP contribution in [0.4, 0.5) is 0 Å². The highest BCUT2D eigenvalue weighted by Crippen LogP contribution is 2.34. The van der Waals surface area contributed by atoms with Crippen LogP contribution in [0.15, 0.2) is 47.5 Å². The van der Waals surface area contributed by atoms with Crippen LogP contribution in [0.1, 0.15) is 37.0 Å². The summed E-state index contributed by atoms with van der Waals surface area (Å²) in [4.78, 5) is 4.71. The Labute approximate surface area is 162 Å². The van der Waals surface area contributed by atoms with Crippen LogP contribution in [-0.4, -0.2) is 32.6 Å². The van der Waals surface area contributed by atoms with Crippen LogP contribution in [0.5, 0.6) is 11.5 Å². The van der Waals surface area contributed by atoms with Crippen molar-refractivity contribution in [3.63, 3.8) is 0 Å². The van der Waals surface area contributed by atoms with Gasteiger partial charge in [0.25, 0.3) is 0 Å². The maximum Gasteiger partial charge on any atom is 0.162 e. The van der Waals surface area contributed by atoms with Crippen molar-refractivity contribution in [2.45, 2.75) is 39.3 Å². The van der Waals surface area contributed by atoms with Gasteiger partial charge in [-0.1, -0.05) is 44.2 Å². The van der Waals surface area contributed by atoms with Crippen LogP contribution in [0.2, 0.25) is 0 Å². The lowest BCUT2D eigenvalue weighted by atomic mass is 9.91. The number of ether oxygens (including phenoxy) is 3. The monoisotopic (exact) mass is 367 g/mol. The number of fused-ring (bicyclic) bond motifs is 1. The molecule has 1 heterocycles. The first-order valence-corrected chi connectivity index (χ1v) is 9.66. The largest absolute Gasteiger partial charge is 0.490 e. The van der Waals surface area contributed by atoms with Gasteiger partial charge in [0.2, 0.25) is 0 Å². The molecule has 1 aliphatic rings. The smallest absolute Gasteiger partial charge is 0.162 e. The SMILES string of the molecule is COCCCOc1cc2c(cc1OCc1ccccc1)C=NC(C(C)C)C2. The van der Waals surface area contributed by atoms with Crippen molar-refractivity contribution in [2.75, 3.05) is 20.3 Å². The highest BCUT2D eigenvalue weighted by atomic mass is 16.5. The van der Waals surface area contributed by atoms with Crippen LogP contribution in [0, 0.1) is 5.92 Å². The predicted molar refractivity (Wildman–Crippen MR) is 109 cm³/mol. The second-order valence-corrected chi connectivity index (χ2v) is 7.26. The van der Waals surface area contributed by atoms with E-state index in [1.54, 1.807) is 7.11 Å². The Kier molecular flexibility index (Phi) is 6.88. The Balaban J connectivity index is 1.79. The molecule has 1 atom stereocenters. The Bertz CT molecular complexity index is 756. The summed E-state index contributed by atoms with van der Waals surface area (Å²) in [5, 5.41) is 0. The van der Waals surface area contributed by atoms with Crippen LogP contribution in [-0.2, 0) is 17.8 Å². The molecule has 2 aromatic carbocycles. The fourth-order valence-corrected chi connectivity index (χ4v) is 3.12. The Morgan fingerprint density at radius 2 is 1.81 bits per heavy atom. The lowest BCUT2D eigenvalue weighted by Gasteiger charge is -2.23. The molecule has 1 aliphatic heterocycles. The molecule has 0 saturated carbocycles. The van der Waals surface area contributed by atoms with E-state index in [4.69, 9.17) is 19.2 Å². The molecule has 27 heavy (non-hydrogen) atoms. The minimum absolute atomic E-state index is 0.329. The van der Waals surface area contributed by atoms with E-state index in [9.17, 15) is 0 Å². The Morgan fingerprint density at radius 1 is 1.04 bits per heavy atom. The minimum atomic E-state index is 0.329. The van der Waals surface area contributed by atoms with Gasteiger partial charge >= 0.3 is 0 Å². The number of nitrogens with zero attached hydrogens (tertiary/aromatic N) is 1. The molecule has 3 rings (SSSR count). The third-order valence-electron chi connectivity index (χ3n) is 4.80. The van der Waals surface area contributed by atoms with Crippen LogP contribution >= 0.6 is 0 Å². The van der Waals surface area contributed by atoms with Crippen molar-refractivity contribution < 1.29 is 14.2 Å². The maximum atomic E-state index is 6.10. The number of rotatable bonds is 9. The first-order chi connectivity index (χ1) is 13.2. The van der Waals surface area contributed by atoms with Crippen LogP contribution in [0.25, 0.3) is 0 Å². The number of aliphatic imine (C=N–C) groups is 1. The molecule has 2 aromatic rings. The van der Waals surface area contributed by atoms with Gasteiger partial charge in [-0.15, -0.1) is 0 Å². The summed E-state index contributed by atoms with van der Waals surface area (Å²) in [5.74, 6) is 2.09. The molecule has 0 aliphatic carbocycles. The normalized spacial score (nSPS) is 15.6. The van der Waals surface area contributed by atoms with Crippen molar-refractivity contribution in [2.24, 2.45) is 10.9 Å². The maximum absolute atomic E-state index is 6.10. The molecular weight excluding hydrogens is 338 g/mol. The van der Waals surface area contributed by atoms with E-state index in [0.29, 0.717) is 31.8 Å². The van der Waals surface area contributed by atoms with E-state index in [1.807, 2.05) is 24.4 Å². The summed E-state index contributed by atoms with van der Waals surface area (Å²) in [5.41, 5.74) is 3.53. The fraction of sp³-hybridized carbons (Fsp3) is 0.435. The molecule has 0 saturated heterocycles. The third kappa shape index (κ3) is 5.33. The third-order valence-corrected chi connectivity index (χ3v) is 4.80. The molecule has 1 unspecified atom stereocenters. The average Bonchev–Trinajstić information content (AvgIpc) is 2.69. The van der Waals surface area contributed by atoms with Gasteiger partial charge in [-0.05, 0) is 41.2 Å². The Morgan fingerprint density at radius 3 is 2.56 bits per heavy atom. The van der Waals surface area contributed by atoms with E-state index in [0.717, 1.165) is 35.5 Å². The zero-order valence-corrected chi connectivity index (χ0v) is 16.5. The van der Waals surface area contributed by atoms with E-state index in [2.05, 4.69) is 38.1 Å². The lowest BCUT2D eigenvalue weighted by Crippen LogP contribution is -2.21.